The van der Waals surface area contributed by atoms with Crippen molar-refractivity contribution in [2.75, 3.05) is 0 Å². The van der Waals surface area contributed by atoms with Crippen LogP contribution >= 0.6 is 0 Å². The number of hydrogen-bond acceptors (Lipinski definition) is 4. The van der Waals surface area contributed by atoms with Gasteiger partial charge >= 0.3 is 11.8 Å². The molecule has 0 aliphatic carbocycles. The summed E-state index contributed by atoms with van der Waals surface area (Å²) in [7, 11) is 1.57. The number of fused-ring (bicyclic) bond motifs is 1. The molecule has 18 heavy (non-hydrogen) atoms. The highest BCUT2D eigenvalue weighted by molar-refractivity contribution is 5.84. The minimum atomic E-state index is -0.689. The minimum absolute atomic E-state index is 0.444. The van der Waals surface area contributed by atoms with E-state index < -0.39 is 17.4 Å². The maximum absolute atomic E-state index is 12.0. The van der Waals surface area contributed by atoms with Gasteiger partial charge in [0.25, 0.3) is 0 Å². The van der Waals surface area contributed by atoms with Crippen LogP contribution in [0.15, 0.2) is 23.1 Å². The molecule has 6 heteroatoms. The predicted molar refractivity (Wildman–Crippen MR) is 66.6 cm³/mol. The molecule has 0 fully saturated rings. The van der Waals surface area contributed by atoms with Crippen molar-refractivity contribution in [2.45, 2.75) is 26.4 Å². The Morgan fingerprint density at radius 3 is 2.67 bits per heavy atom. The number of rotatable bonds is 0. The number of imidazole rings is 1. The first-order valence-corrected chi connectivity index (χ1v) is 5.57. The van der Waals surface area contributed by atoms with Gasteiger partial charge in [-0.3, -0.25) is 4.57 Å². The third-order valence-corrected chi connectivity index (χ3v) is 2.38. The summed E-state index contributed by atoms with van der Waals surface area (Å²) in [6.07, 6.45) is 0.882. The van der Waals surface area contributed by atoms with Gasteiger partial charge < -0.3 is 4.74 Å². The molecule has 0 bridgehead atoms. The molecule has 0 spiro atoms. The van der Waals surface area contributed by atoms with Crippen molar-refractivity contribution in [3.05, 3.63) is 28.8 Å². The molecule has 0 saturated heterocycles. The molecule has 0 aliphatic rings. The monoisotopic (exact) mass is 249 g/mol. The number of pyridine rings is 1. The fraction of sp³-hybridized carbons (Fsp3) is 0.417. The van der Waals surface area contributed by atoms with Crippen LogP contribution in [0, 0.1) is 0 Å². The number of aryl methyl sites for hydroxylation is 1. The lowest BCUT2D eigenvalue weighted by atomic mass is 10.2. The van der Waals surface area contributed by atoms with Gasteiger partial charge in [-0.1, -0.05) is 0 Å². The lowest BCUT2D eigenvalue weighted by Gasteiger charge is -2.19. The van der Waals surface area contributed by atoms with Crippen molar-refractivity contribution >= 4 is 17.3 Å². The van der Waals surface area contributed by atoms with Crippen LogP contribution in [0.2, 0.25) is 0 Å². The van der Waals surface area contributed by atoms with Crippen molar-refractivity contribution in [1.29, 1.82) is 0 Å². The molecule has 0 radical (unpaired) electrons. The summed E-state index contributed by atoms with van der Waals surface area (Å²) in [6.45, 7) is 5.25. The molecule has 0 saturated carbocycles. The number of carbonyl (C=O) groups is 1. The number of hydrogen-bond donors (Lipinski definition) is 0. The van der Waals surface area contributed by atoms with Gasteiger partial charge in [0, 0.05) is 13.2 Å². The van der Waals surface area contributed by atoms with E-state index in [1.165, 1.54) is 4.57 Å². The van der Waals surface area contributed by atoms with Crippen molar-refractivity contribution in [3.63, 3.8) is 0 Å². The summed E-state index contributed by atoms with van der Waals surface area (Å²) in [5, 5.41) is 0. The second-order valence-corrected chi connectivity index (χ2v) is 5.00. The van der Waals surface area contributed by atoms with Gasteiger partial charge in [-0.25, -0.2) is 14.6 Å². The van der Waals surface area contributed by atoms with Crippen LogP contribution in [0.25, 0.3) is 11.2 Å². The molecule has 2 aromatic rings. The number of nitrogens with zero attached hydrogens (tertiary/aromatic N) is 3. The first-order valence-electron chi connectivity index (χ1n) is 5.57. The summed E-state index contributed by atoms with van der Waals surface area (Å²) >= 11 is 0. The molecule has 2 aromatic heterocycles. The molecule has 6 nitrogen and oxygen atoms in total. The number of ether oxygens (including phenoxy) is 1. The van der Waals surface area contributed by atoms with Crippen LogP contribution in [0.1, 0.15) is 20.8 Å². The van der Waals surface area contributed by atoms with Gasteiger partial charge in [-0.15, -0.1) is 0 Å². The quantitative estimate of drug-likeness (QED) is 0.710. The summed E-state index contributed by atoms with van der Waals surface area (Å²) in [4.78, 5) is 28.1. The summed E-state index contributed by atoms with van der Waals surface area (Å²) in [6, 6.07) is 3.33. The number of carbonyl (C=O) groups excluding carboxylic acids is 1. The first-order chi connectivity index (χ1) is 8.31. The van der Waals surface area contributed by atoms with Crippen LogP contribution < -0.4 is 5.69 Å². The van der Waals surface area contributed by atoms with E-state index in [2.05, 4.69) is 4.98 Å². The summed E-state index contributed by atoms with van der Waals surface area (Å²) < 4.78 is 7.52. The fourth-order valence-electron chi connectivity index (χ4n) is 1.65. The van der Waals surface area contributed by atoms with Crippen molar-refractivity contribution in [1.82, 2.24) is 14.1 Å². The smallest absolute Gasteiger partial charge is 0.423 e. The molecule has 2 rings (SSSR count). The van der Waals surface area contributed by atoms with Crippen molar-refractivity contribution < 1.29 is 9.53 Å². The molecular formula is C12H15N3O3. The molecular weight excluding hydrogens is 234 g/mol. The SMILES string of the molecule is Cn1c(=O)n(C(=O)OC(C)(C)C)c2cccnc21. The first kappa shape index (κ1) is 12.3. The topological polar surface area (TPSA) is 66.1 Å². The molecule has 0 aliphatic heterocycles. The zero-order valence-electron chi connectivity index (χ0n) is 10.8. The molecule has 0 aromatic carbocycles. The maximum atomic E-state index is 12.0. The summed E-state index contributed by atoms with van der Waals surface area (Å²) in [5.41, 5.74) is -0.216. The molecule has 0 amide bonds. The van der Waals surface area contributed by atoms with Crippen LogP contribution in [0.5, 0.6) is 0 Å². The highest BCUT2D eigenvalue weighted by atomic mass is 16.6. The highest BCUT2D eigenvalue weighted by Gasteiger charge is 2.23. The van der Waals surface area contributed by atoms with Crippen LogP contribution in [-0.2, 0) is 11.8 Å². The van der Waals surface area contributed by atoms with Gasteiger partial charge in [-0.2, -0.15) is 4.57 Å². The van der Waals surface area contributed by atoms with Crippen LogP contribution in [0.4, 0.5) is 4.79 Å². The molecule has 96 valence electrons. The predicted octanol–water partition coefficient (Wildman–Crippen LogP) is 1.52. The Labute approximate surface area is 104 Å². The second-order valence-electron chi connectivity index (χ2n) is 5.00. The average Bonchev–Trinajstić information content (AvgIpc) is 2.50. The third-order valence-electron chi connectivity index (χ3n) is 2.38. The Morgan fingerprint density at radius 1 is 1.39 bits per heavy atom. The minimum Gasteiger partial charge on any atom is -0.443 e. The molecule has 0 N–H and O–H groups in total. The van der Waals surface area contributed by atoms with E-state index >= 15 is 0 Å². The van der Waals surface area contributed by atoms with Gasteiger partial charge in [0.2, 0.25) is 0 Å². The zero-order valence-corrected chi connectivity index (χ0v) is 10.8. The normalized spacial score (nSPS) is 11.8. The Morgan fingerprint density at radius 2 is 2.06 bits per heavy atom. The van der Waals surface area contributed by atoms with Crippen LogP contribution in [-0.4, -0.2) is 25.8 Å². The van der Waals surface area contributed by atoms with Crippen LogP contribution in [0.3, 0.4) is 0 Å². The molecule has 0 atom stereocenters. The number of aromatic nitrogens is 3. The standard InChI is InChI=1S/C12H15N3O3/c1-12(2,3)18-11(17)15-8-6-5-7-13-9(8)14(4)10(15)16/h5-7H,1-4H3. The molecule has 2 heterocycles. The average molecular weight is 249 g/mol. The van der Waals surface area contributed by atoms with Gasteiger partial charge in [0.05, 0.1) is 0 Å². The van der Waals surface area contributed by atoms with Gasteiger partial charge in [0.15, 0.2) is 5.65 Å². The van der Waals surface area contributed by atoms with E-state index in [4.69, 9.17) is 4.74 Å². The fourth-order valence-corrected chi connectivity index (χ4v) is 1.65. The van der Waals surface area contributed by atoms with E-state index in [0.717, 1.165) is 4.57 Å². The van der Waals surface area contributed by atoms with E-state index in [0.29, 0.717) is 11.2 Å². The Balaban J connectivity index is 2.61. The van der Waals surface area contributed by atoms with E-state index in [1.54, 1.807) is 46.1 Å². The Hall–Kier alpha value is -2.11. The van der Waals surface area contributed by atoms with Gasteiger partial charge in [0.1, 0.15) is 11.1 Å². The lowest BCUT2D eigenvalue weighted by Crippen LogP contribution is -2.33. The zero-order chi connectivity index (χ0) is 13.5. The Kier molecular flexibility index (Phi) is 2.73. The highest BCUT2D eigenvalue weighted by Crippen LogP contribution is 2.12. The second kappa shape index (κ2) is 3.97. The largest absolute Gasteiger partial charge is 0.443 e. The lowest BCUT2D eigenvalue weighted by molar-refractivity contribution is 0.0537. The molecule has 0 unspecified atom stereocenters. The van der Waals surface area contributed by atoms with Gasteiger partial charge in [-0.05, 0) is 32.9 Å². The van der Waals surface area contributed by atoms with E-state index in [1.807, 2.05) is 0 Å². The Bertz CT molecular complexity index is 661. The van der Waals surface area contributed by atoms with E-state index in [-0.39, 0.29) is 0 Å². The van der Waals surface area contributed by atoms with Crippen molar-refractivity contribution in [3.8, 4) is 0 Å². The summed E-state index contributed by atoms with van der Waals surface area (Å²) in [5.74, 6) is 0. The van der Waals surface area contributed by atoms with E-state index in [9.17, 15) is 9.59 Å². The van der Waals surface area contributed by atoms with Crippen molar-refractivity contribution in [2.24, 2.45) is 7.05 Å². The third kappa shape index (κ3) is 2.01. The maximum Gasteiger partial charge on any atom is 0.423 e.